The van der Waals surface area contributed by atoms with Crippen molar-refractivity contribution in [1.82, 2.24) is 0 Å². The molecule has 1 aromatic heterocycles. The van der Waals surface area contributed by atoms with E-state index in [4.69, 9.17) is 0 Å². The zero-order valence-corrected chi connectivity index (χ0v) is 13.2. The molecule has 0 radical (unpaired) electrons. The van der Waals surface area contributed by atoms with E-state index in [-0.39, 0.29) is 5.43 Å². The van der Waals surface area contributed by atoms with Crippen molar-refractivity contribution in [3.05, 3.63) is 38.9 Å². The van der Waals surface area contributed by atoms with Gasteiger partial charge in [0.25, 0.3) is 0 Å². The first kappa shape index (κ1) is 13.6. The van der Waals surface area contributed by atoms with Crippen molar-refractivity contribution in [2.24, 2.45) is 5.92 Å². The van der Waals surface area contributed by atoms with E-state index in [0.717, 1.165) is 40.1 Å². The summed E-state index contributed by atoms with van der Waals surface area (Å²) in [5, 5.41) is 0.897. The van der Waals surface area contributed by atoms with Crippen LogP contribution in [0.25, 0.3) is 10.1 Å². The minimum Gasteiger partial charge on any atom is -0.378 e. The molecule has 0 spiro atoms. The topological polar surface area (TPSA) is 20.3 Å². The third-order valence-electron chi connectivity index (χ3n) is 4.42. The Morgan fingerprint density at radius 1 is 1.35 bits per heavy atom. The Hall–Kier alpha value is -1.35. The number of anilines is 1. The molecule has 2 aromatic rings. The Kier molecular flexibility index (Phi) is 3.55. The summed E-state index contributed by atoms with van der Waals surface area (Å²) in [5.41, 5.74) is 2.52. The third kappa shape index (κ3) is 2.24. The molecule has 1 aliphatic carbocycles. The van der Waals surface area contributed by atoms with Crippen LogP contribution in [0.3, 0.4) is 0 Å². The Morgan fingerprint density at radius 2 is 2.15 bits per heavy atom. The second-order valence-electron chi connectivity index (χ2n) is 5.92. The largest absolute Gasteiger partial charge is 0.378 e. The lowest BCUT2D eigenvalue weighted by Crippen LogP contribution is -2.20. The summed E-state index contributed by atoms with van der Waals surface area (Å²) in [6, 6.07) is 6.19. The lowest BCUT2D eigenvalue weighted by atomic mass is 9.87. The third-order valence-corrected chi connectivity index (χ3v) is 5.64. The Bertz CT molecular complexity index is 702. The molecule has 0 saturated carbocycles. The Labute approximate surface area is 124 Å². The second-order valence-corrected chi connectivity index (χ2v) is 7.06. The molecule has 3 rings (SSSR count). The van der Waals surface area contributed by atoms with Crippen LogP contribution in [-0.2, 0) is 12.8 Å². The summed E-state index contributed by atoms with van der Waals surface area (Å²) in [6.45, 7) is 2.25. The monoisotopic (exact) mass is 287 g/mol. The van der Waals surface area contributed by atoms with Gasteiger partial charge < -0.3 is 4.90 Å². The summed E-state index contributed by atoms with van der Waals surface area (Å²) in [7, 11) is 4.07. The van der Waals surface area contributed by atoms with Gasteiger partial charge in [-0.1, -0.05) is 13.3 Å². The van der Waals surface area contributed by atoms with Gasteiger partial charge in [-0.25, -0.2) is 0 Å². The summed E-state index contributed by atoms with van der Waals surface area (Å²) >= 11 is 1.83. The minimum atomic E-state index is 0.272. The fraction of sp³-hybridized carbons (Fsp3) is 0.471. The van der Waals surface area contributed by atoms with Crippen molar-refractivity contribution in [1.29, 1.82) is 0 Å². The van der Waals surface area contributed by atoms with E-state index >= 15 is 0 Å². The average Bonchev–Trinajstić information content (AvgIpc) is 2.46. The van der Waals surface area contributed by atoms with Crippen LogP contribution in [0.1, 0.15) is 30.2 Å². The molecule has 1 heterocycles. The summed E-state index contributed by atoms with van der Waals surface area (Å²) in [5.74, 6) is 0.757. The van der Waals surface area contributed by atoms with Gasteiger partial charge in [0.2, 0.25) is 0 Å². The maximum atomic E-state index is 12.6. The van der Waals surface area contributed by atoms with Gasteiger partial charge in [0.05, 0.1) is 0 Å². The fourth-order valence-electron chi connectivity index (χ4n) is 3.02. The van der Waals surface area contributed by atoms with Gasteiger partial charge in [-0.15, -0.1) is 11.3 Å². The first-order valence-electron chi connectivity index (χ1n) is 7.36. The highest BCUT2D eigenvalue weighted by Gasteiger charge is 2.21. The zero-order chi connectivity index (χ0) is 14.3. The number of benzene rings is 1. The number of hydrogen-bond acceptors (Lipinski definition) is 3. The number of nitrogens with zero attached hydrogens (tertiary/aromatic N) is 1. The number of fused-ring (bicyclic) bond motifs is 2. The molecule has 1 aliphatic rings. The van der Waals surface area contributed by atoms with E-state index in [1.54, 1.807) is 0 Å². The van der Waals surface area contributed by atoms with Crippen LogP contribution < -0.4 is 10.3 Å². The van der Waals surface area contributed by atoms with Gasteiger partial charge >= 0.3 is 0 Å². The highest BCUT2D eigenvalue weighted by Crippen LogP contribution is 2.33. The van der Waals surface area contributed by atoms with Crippen molar-refractivity contribution in [2.75, 3.05) is 19.0 Å². The normalized spacial score (nSPS) is 18.1. The fourth-order valence-corrected chi connectivity index (χ4v) is 4.38. The highest BCUT2D eigenvalue weighted by molar-refractivity contribution is 7.18. The number of hydrogen-bond donors (Lipinski definition) is 0. The van der Waals surface area contributed by atoms with E-state index < -0.39 is 0 Å². The van der Waals surface area contributed by atoms with E-state index in [9.17, 15) is 4.79 Å². The summed E-state index contributed by atoms with van der Waals surface area (Å²) in [6.07, 6.45) is 4.45. The lowest BCUT2D eigenvalue weighted by molar-refractivity contribution is 0.448. The van der Waals surface area contributed by atoms with Crippen molar-refractivity contribution in [3.63, 3.8) is 0 Å². The molecule has 1 atom stereocenters. The summed E-state index contributed by atoms with van der Waals surface area (Å²) < 4.78 is 1.14. The minimum absolute atomic E-state index is 0.272. The van der Waals surface area contributed by atoms with Gasteiger partial charge in [-0.2, -0.15) is 0 Å². The van der Waals surface area contributed by atoms with Gasteiger partial charge in [-0.3, -0.25) is 4.79 Å². The zero-order valence-electron chi connectivity index (χ0n) is 12.4. The van der Waals surface area contributed by atoms with E-state index in [0.29, 0.717) is 0 Å². The van der Waals surface area contributed by atoms with E-state index in [2.05, 4.69) is 17.9 Å². The Balaban J connectivity index is 2.18. The lowest BCUT2D eigenvalue weighted by Gasteiger charge is -2.23. The van der Waals surface area contributed by atoms with Crippen molar-refractivity contribution in [3.8, 4) is 0 Å². The van der Waals surface area contributed by atoms with Crippen LogP contribution >= 0.6 is 11.3 Å². The quantitative estimate of drug-likeness (QED) is 0.836. The van der Waals surface area contributed by atoms with Crippen LogP contribution in [0.5, 0.6) is 0 Å². The molecule has 1 unspecified atom stereocenters. The molecule has 1 aromatic carbocycles. The van der Waals surface area contributed by atoms with Gasteiger partial charge in [0, 0.05) is 40.3 Å². The molecule has 2 nitrogen and oxygen atoms in total. The van der Waals surface area contributed by atoms with Crippen molar-refractivity contribution < 1.29 is 0 Å². The van der Waals surface area contributed by atoms with Crippen LogP contribution in [0, 0.1) is 5.92 Å². The maximum Gasteiger partial charge on any atom is 0.191 e. The van der Waals surface area contributed by atoms with Crippen LogP contribution in [-0.4, -0.2) is 14.1 Å². The van der Waals surface area contributed by atoms with Crippen LogP contribution in [0.2, 0.25) is 0 Å². The smallest absolute Gasteiger partial charge is 0.191 e. The van der Waals surface area contributed by atoms with Gasteiger partial charge in [0.15, 0.2) is 5.43 Å². The van der Waals surface area contributed by atoms with Crippen molar-refractivity contribution >= 4 is 27.1 Å². The predicted molar refractivity (Wildman–Crippen MR) is 88.2 cm³/mol. The molecule has 0 fully saturated rings. The van der Waals surface area contributed by atoms with Crippen LogP contribution in [0.4, 0.5) is 5.69 Å². The second kappa shape index (κ2) is 5.21. The maximum absolute atomic E-state index is 12.6. The first-order valence-corrected chi connectivity index (χ1v) is 8.17. The SMILES string of the molecule is CCC1CCc2c(sc3cc(N(C)C)ccc3c2=O)C1. The van der Waals surface area contributed by atoms with Gasteiger partial charge in [-0.05, 0) is 43.4 Å². The predicted octanol–water partition coefficient (Wildman–Crippen LogP) is 3.84. The van der Waals surface area contributed by atoms with Crippen molar-refractivity contribution in [2.45, 2.75) is 32.6 Å². The van der Waals surface area contributed by atoms with E-state index in [1.165, 1.54) is 17.7 Å². The molecule has 0 amide bonds. The molecule has 0 N–H and O–H groups in total. The van der Waals surface area contributed by atoms with E-state index in [1.807, 2.05) is 37.6 Å². The molecule has 0 saturated heterocycles. The molecule has 106 valence electrons. The molecule has 3 heteroatoms. The number of rotatable bonds is 2. The molecule has 0 aliphatic heterocycles. The molecular weight excluding hydrogens is 266 g/mol. The average molecular weight is 287 g/mol. The van der Waals surface area contributed by atoms with Crippen LogP contribution in [0.15, 0.2) is 23.0 Å². The highest BCUT2D eigenvalue weighted by atomic mass is 32.1. The summed E-state index contributed by atoms with van der Waals surface area (Å²) in [4.78, 5) is 16.1. The van der Waals surface area contributed by atoms with Gasteiger partial charge in [0.1, 0.15) is 0 Å². The standard InChI is InChI=1S/C17H21NOS/c1-4-11-5-7-13-15(9-11)20-16-10-12(18(2)3)6-8-14(16)17(13)19/h6,8,10-11H,4-5,7,9H2,1-3H3. The first-order chi connectivity index (χ1) is 9.60. The molecule has 20 heavy (non-hydrogen) atoms. The molecular formula is C17H21NOS. The molecule has 0 bridgehead atoms. The Morgan fingerprint density at radius 3 is 2.85 bits per heavy atom.